The third kappa shape index (κ3) is 3.00. The van der Waals surface area contributed by atoms with E-state index in [0.29, 0.717) is 5.75 Å². The Kier molecular flexibility index (Phi) is 4.13. The number of nitrogens with zero attached hydrogens (tertiary/aromatic N) is 1. The van der Waals surface area contributed by atoms with Crippen molar-refractivity contribution in [1.29, 1.82) is 0 Å². The Bertz CT molecular complexity index is 547. The second-order valence-electron chi connectivity index (χ2n) is 5.82. The average molecular weight is 294 g/mol. The molecule has 1 saturated heterocycles. The Morgan fingerprint density at radius 2 is 2.00 bits per heavy atom. The average Bonchev–Trinajstić information content (AvgIpc) is 2.57. The zero-order valence-corrected chi connectivity index (χ0v) is 13.0. The van der Waals surface area contributed by atoms with E-state index in [9.17, 15) is 4.79 Å². The summed E-state index contributed by atoms with van der Waals surface area (Å²) in [5, 5.41) is 0. The van der Waals surface area contributed by atoms with Gasteiger partial charge in [0.15, 0.2) is 0 Å². The Balaban J connectivity index is 2.26. The van der Waals surface area contributed by atoms with Crippen molar-refractivity contribution in [2.45, 2.75) is 38.9 Å². The minimum Gasteiger partial charge on any atom is -0.400 e. The van der Waals surface area contributed by atoms with Crippen molar-refractivity contribution >= 4 is 25.8 Å². The lowest BCUT2D eigenvalue weighted by Crippen LogP contribution is -2.41. The molecular formula is C13H19BN2O3S. The number of aromatic nitrogens is 2. The van der Waals surface area contributed by atoms with Gasteiger partial charge in [0, 0.05) is 23.7 Å². The highest BCUT2D eigenvalue weighted by Crippen LogP contribution is 2.38. The lowest BCUT2D eigenvalue weighted by molar-refractivity contribution is 0.00578. The molecule has 108 valence electrons. The van der Waals surface area contributed by atoms with Crippen LogP contribution in [-0.4, -0.2) is 34.0 Å². The molecular weight excluding hydrogens is 275 g/mol. The Morgan fingerprint density at radius 1 is 1.40 bits per heavy atom. The number of nitrogens with one attached hydrogen (secondary N) is 1. The van der Waals surface area contributed by atoms with Crippen molar-refractivity contribution in [3.63, 3.8) is 0 Å². The highest BCUT2D eigenvalue weighted by molar-refractivity contribution is 7.80. The van der Waals surface area contributed by atoms with Gasteiger partial charge in [0.1, 0.15) is 0 Å². The van der Waals surface area contributed by atoms with E-state index < -0.39 is 7.12 Å². The minimum atomic E-state index is -0.440. The van der Waals surface area contributed by atoms with E-state index in [-0.39, 0.29) is 16.9 Å². The number of H-pyrrole nitrogens is 1. The summed E-state index contributed by atoms with van der Waals surface area (Å²) in [7, 11) is -0.440. The van der Waals surface area contributed by atoms with Gasteiger partial charge in [-0.2, -0.15) is 12.6 Å². The van der Waals surface area contributed by atoms with Gasteiger partial charge >= 0.3 is 12.8 Å². The van der Waals surface area contributed by atoms with Crippen molar-refractivity contribution in [3.05, 3.63) is 33.9 Å². The SMILES string of the molecule is CC1(C)OB(C(=Cc2cnc(=O)[nH]c2)CS)OC1(C)C. The van der Waals surface area contributed by atoms with Crippen molar-refractivity contribution in [1.82, 2.24) is 9.97 Å². The molecule has 1 N–H and O–H groups in total. The fourth-order valence-corrected chi connectivity index (χ4v) is 2.07. The summed E-state index contributed by atoms with van der Waals surface area (Å²) in [6.07, 6.45) is 4.98. The molecule has 5 nitrogen and oxygen atoms in total. The Hall–Kier alpha value is -1.05. The molecule has 1 aromatic heterocycles. The lowest BCUT2D eigenvalue weighted by atomic mass is 9.78. The van der Waals surface area contributed by atoms with E-state index in [1.165, 1.54) is 6.20 Å². The van der Waals surface area contributed by atoms with Gasteiger partial charge in [-0.05, 0) is 33.2 Å². The van der Waals surface area contributed by atoms with Crippen molar-refractivity contribution in [3.8, 4) is 0 Å². The first kappa shape index (κ1) is 15.3. The molecule has 1 aromatic rings. The molecule has 0 radical (unpaired) electrons. The highest BCUT2D eigenvalue weighted by Gasteiger charge is 2.52. The van der Waals surface area contributed by atoms with E-state index in [0.717, 1.165) is 11.0 Å². The van der Waals surface area contributed by atoms with E-state index in [1.54, 1.807) is 6.20 Å². The number of rotatable bonds is 3. The summed E-state index contributed by atoms with van der Waals surface area (Å²) < 4.78 is 12.0. The molecule has 0 saturated carbocycles. The first-order valence-electron chi connectivity index (χ1n) is 6.47. The molecule has 0 spiro atoms. The van der Waals surface area contributed by atoms with E-state index >= 15 is 0 Å². The van der Waals surface area contributed by atoms with Crippen LogP contribution in [0.15, 0.2) is 22.7 Å². The molecule has 0 amide bonds. The second-order valence-corrected chi connectivity index (χ2v) is 6.13. The van der Waals surface area contributed by atoms with Gasteiger partial charge in [0.25, 0.3) is 0 Å². The third-order valence-corrected chi connectivity index (χ3v) is 4.15. The molecule has 0 aliphatic carbocycles. The zero-order valence-electron chi connectivity index (χ0n) is 12.1. The van der Waals surface area contributed by atoms with E-state index in [1.807, 2.05) is 33.8 Å². The van der Waals surface area contributed by atoms with Gasteiger partial charge in [0.2, 0.25) is 0 Å². The van der Waals surface area contributed by atoms with Gasteiger partial charge in [-0.3, -0.25) is 0 Å². The Morgan fingerprint density at radius 3 is 2.45 bits per heavy atom. The fourth-order valence-electron chi connectivity index (χ4n) is 1.83. The highest BCUT2D eigenvalue weighted by atomic mass is 32.1. The van der Waals surface area contributed by atoms with E-state index in [4.69, 9.17) is 9.31 Å². The largest absolute Gasteiger partial charge is 0.491 e. The molecule has 2 rings (SSSR count). The van der Waals surface area contributed by atoms with Crippen LogP contribution in [0.1, 0.15) is 33.3 Å². The van der Waals surface area contributed by atoms with Gasteiger partial charge in [0.05, 0.1) is 11.2 Å². The van der Waals surface area contributed by atoms with Crippen LogP contribution >= 0.6 is 12.6 Å². The number of hydrogen-bond acceptors (Lipinski definition) is 5. The van der Waals surface area contributed by atoms with Gasteiger partial charge in [-0.1, -0.05) is 6.08 Å². The maximum absolute atomic E-state index is 11.0. The smallest absolute Gasteiger partial charge is 0.400 e. The summed E-state index contributed by atoms with van der Waals surface area (Å²) in [5.41, 5.74) is 0.528. The summed E-state index contributed by atoms with van der Waals surface area (Å²) in [6, 6.07) is 0. The number of hydrogen-bond donors (Lipinski definition) is 2. The van der Waals surface area contributed by atoms with Crippen LogP contribution in [0, 0.1) is 0 Å². The molecule has 2 heterocycles. The van der Waals surface area contributed by atoms with E-state index in [2.05, 4.69) is 22.6 Å². The van der Waals surface area contributed by atoms with Crippen LogP contribution in [0.25, 0.3) is 6.08 Å². The van der Waals surface area contributed by atoms with Gasteiger partial charge in [-0.25, -0.2) is 9.78 Å². The van der Waals surface area contributed by atoms with Gasteiger partial charge < -0.3 is 14.3 Å². The standard InChI is InChI=1S/C13H19BN2O3S/c1-12(2)13(3,4)19-14(18-12)10(8-20)5-9-6-15-11(17)16-7-9/h5-7,20H,8H2,1-4H3,(H,15,16,17). The van der Waals surface area contributed by atoms with Crippen LogP contribution in [0.4, 0.5) is 0 Å². The molecule has 1 aliphatic rings. The predicted molar refractivity (Wildman–Crippen MR) is 82.8 cm³/mol. The maximum Gasteiger partial charge on any atom is 0.491 e. The molecule has 1 aliphatic heterocycles. The van der Waals surface area contributed by atoms with Crippen molar-refractivity contribution in [2.24, 2.45) is 0 Å². The molecule has 20 heavy (non-hydrogen) atoms. The maximum atomic E-state index is 11.0. The quantitative estimate of drug-likeness (QED) is 0.658. The zero-order chi connectivity index (χ0) is 15.0. The summed E-state index contributed by atoms with van der Waals surface area (Å²) in [5.74, 6) is 0.496. The summed E-state index contributed by atoms with van der Waals surface area (Å²) in [6.45, 7) is 8.02. The van der Waals surface area contributed by atoms with Crippen LogP contribution in [0.3, 0.4) is 0 Å². The number of thiol groups is 1. The summed E-state index contributed by atoms with van der Waals surface area (Å²) in [4.78, 5) is 17.2. The topological polar surface area (TPSA) is 64.2 Å². The van der Waals surface area contributed by atoms with Gasteiger partial charge in [-0.15, -0.1) is 0 Å². The fraction of sp³-hybridized carbons (Fsp3) is 0.538. The second kappa shape index (κ2) is 5.39. The minimum absolute atomic E-state index is 0.370. The first-order chi connectivity index (χ1) is 9.25. The Labute approximate surface area is 124 Å². The lowest BCUT2D eigenvalue weighted by Gasteiger charge is -2.32. The normalized spacial score (nSPS) is 21.2. The van der Waals surface area contributed by atoms with Crippen molar-refractivity contribution < 1.29 is 9.31 Å². The van der Waals surface area contributed by atoms with Crippen LogP contribution in [0.2, 0.25) is 0 Å². The molecule has 0 bridgehead atoms. The molecule has 7 heteroatoms. The third-order valence-electron chi connectivity index (χ3n) is 3.78. The predicted octanol–water partition coefficient (Wildman–Crippen LogP) is 1.71. The van der Waals surface area contributed by atoms with Crippen LogP contribution in [0.5, 0.6) is 0 Å². The van der Waals surface area contributed by atoms with Crippen LogP contribution in [-0.2, 0) is 9.31 Å². The molecule has 1 fully saturated rings. The molecule has 0 unspecified atom stereocenters. The van der Waals surface area contributed by atoms with Crippen molar-refractivity contribution in [2.75, 3.05) is 5.75 Å². The first-order valence-corrected chi connectivity index (χ1v) is 7.10. The molecule has 0 atom stereocenters. The molecule has 0 aromatic carbocycles. The number of aromatic amines is 1. The summed E-state index contributed by atoms with van der Waals surface area (Å²) >= 11 is 4.33. The van der Waals surface area contributed by atoms with Crippen LogP contribution < -0.4 is 5.69 Å². The monoisotopic (exact) mass is 294 g/mol.